The zero-order chi connectivity index (χ0) is 69.1. The van der Waals surface area contributed by atoms with Crippen molar-refractivity contribution in [2.45, 2.75) is 177 Å². The standard InChI is InChI=1S/C23H23Cl2NO7S.C22H32N4O6.C22H34N2O6/c1-34-23-18(26-21(29)13-7-8-14(24)15(25)9-13)20(30-11-17(27)28)19-16(32-23)10-31-22(33-19)12-5-3-2-4-6-12;1-14-17-16(13-29-20(31-17)15-9-6-5-7-10-15)30-19(25-26-23)18(14)28-12-8-11-24-21(27)32-22(2,3)4;1-14-17-16(13-27-20(29-17)15-9-6-5-7-10-15)28-19(23)18(14)26-12-8-11-24-21(25)30-22(2,3)4/h2-9,16,18-20,22-23H,10-11H2,1H3,(H,26,29)(H,27,28);5-7,9-10,14,16-20H,8,11-13H2,1-4H3,(H,24,27);5-7,9-10,14,16-20H,8,11-13,23H2,1-4H3,(H,24,25)/t16?,18?,19-,20+,22?,23-;2*14-,16?,17+,18?,19+,20?/m000/s1. The van der Waals surface area contributed by atoms with Crippen molar-refractivity contribution in [3.05, 3.63) is 152 Å². The zero-order valence-corrected chi connectivity index (χ0v) is 57.6. The lowest BCUT2D eigenvalue weighted by atomic mass is 9.89. The van der Waals surface area contributed by atoms with Crippen molar-refractivity contribution >= 4 is 59.0 Å². The number of aliphatic carboxylic acids is 1. The van der Waals surface area contributed by atoms with Gasteiger partial charge in [-0.25, -0.2) is 14.4 Å². The topological polar surface area (TPSA) is 329 Å². The van der Waals surface area contributed by atoms with Crippen LogP contribution in [0.2, 0.25) is 10.0 Å². The summed E-state index contributed by atoms with van der Waals surface area (Å²) in [6.45, 7) is 17.0. The van der Waals surface area contributed by atoms with Gasteiger partial charge in [0.15, 0.2) is 25.1 Å². The minimum atomic E-state index is -1.13. The third-order valence-corrected chi connectivity index (χ3v) is 17.5. The molecule has 96 heavy (non-hydrogen) atoms. The number of halogens is 2. The molecule has 0 aliphatic carbocycles. The van der Waals surface area contributed by atoms with Crippen LogP contribution < -0.4 is 21.7 Å². The first-order valence-corrected chi connectivity index (χ1v) is 34.0. The molecular weight excluding hydrogens is 1310 g/mol. The van der Waals surface area contributed by atoms with Crippen LogP contribution in [0.4, 0.5) is 9.59 Å². The lowest BCUT2D eigenvalue weighted by Crippen LogP contribution is -2.66. The minimum Gasteiger partial charge on any atom is -0.480 e. The Bertz CT molecular complexity index is 3160. The van der Waals surface area contributed by atoms with Crippen molar-refractivity contribution in [1.29, 1.82) is 0 Å². The maximum absolute atomic E-state index is 13.1. The van der Waals surface area contributed by atoms with Gasteiger partial charge >= 0.3 is 18.2 Å². The Labute approximate surface area is 573 Å². The number of rotatable bonds is 20. The van der Waals surface area contributed by atoms with E-state index in [1.807, 2.05) is 146 Å². The number of nitrogens with zero attached hydrogens (tertiary/aromatic N) is 3. The molecule has 526 valence electrons. The van der Waals surface area contributed by atoms with E-state index in [4.69, 9.17) is 101 Å². The van der Waals surface area contributed by atoms with Gasteiger partial charge in [0.25, 0.3) is 5.91 Å². The van der Waals surface area contributed by atoms with Crippen LogP contribution in [0, 0.1) is 11.8 Å². The first-order valence-electron chi connectivity index (χ1n) is 31.9. The van der Waals surface area contributed by atoms with E-state index in [2.05, 4.69) is 32.9 Å². The molecule has 26 nitrogen and oxygen atoms in total. The molecule has 6 aliphatic rings. The van der Waals surface area contributed by atoms with E-state index in [9.17, 15) is 24.3 Å². The lowest BCUT2D eigenvalue weighted by molar-refractivity contribution is -0.320. The number of thioether (sulfide) groups is 1. The van der Waals surface area contributed by atoms with Gasteiger partial charge in [0.1, 0.15) is 66.1 Å². The van der Waals surface area contributed by atoms with Crippen molar-refractivity contribution in [3.63, 3.8) is 0 Å². The highest BCUT2D eigenvalue weighted by Gasteiger charge is 2.52. The van der Waals surface area contributed by atoms with Gasteiger partial charge < -0.3 is 93.1 Å². The van der Waals surface area contributed by atoms with Crippen LogP contribution in [-0.2, 0) is 71.1 Å². The molecule has 9 unspecified atom stereocenters. The molecule has 4 aromatic rings. The van der Waals surface area contributed by atoms with E-state index in [0.29, 0.717) is 62.9 Å². The van der Waals surface area contributed by atoms with Gasteiger partial charge in [-0.05, 0) is 84.4 Å². The summed E-state index contributed by atoms with van der Waals surface area (Å²) in [6, 6.07) is 32.7. The summed E-state index contributed by atoms with van der Waals surface area (Å²) in [5.74, 6) is -1.63. The number of fused-ring (bicyclic) bond motifs is 3. The summed E-state index contributed by atoms with van der Waals surface area (Å²) in [7, 11) is 0. The molecular formula is C67H89Cl2N7O19S. The Balaban J connectivity index is 0.000000185. The van der Waals surface area contributed by atoms with Crippen LogP contribution in [0.15, 0.2) is 114 Å². The number of nitrogens with one attached hydrogen (secondary N) is 3. The predicted molar refractivity (Wildman–Crippen MR) is 353 cm³/mol. The number of carbonyl (C=O) groups excluding carboxylic acids is 3. The third-order valence-electron chi connectivity index (χ3n) is 15.9. The molecule has 6 aliphatic heterocycles. The molecule has 0 bridgehead atoms. The number of ether oxygens (including phenoxy) is 14. The molecule has 29 heteroatoms. The molecule has 6 saturated heterocycles. The monoisotopic (exact) mass is 1400 g/mol. The summed E-state index contributed by atoms with van der Waals surface area (Å²) in [5.41, 5.74) is 16.6. The van der Waals surface area contributed by atoms with Gasteiger partial charge in [0.2, 0.25) is 0 Å². The average Bonchev–Trinajstić information content (AvgIpc) is 0.787. The number of alkyl carbamates (subject to hydrolysis) is 2. The summed E-state index contributed by atoms with van der Waals surface area (Å²) < 4.78 is 82.5. The van der Waals surface area contributed by atoms with Crippen molar-refractivity contribution in [2.75, 3.05) is 59.0 Å². The van der Waals surface area contributed by atoms with Crippen LogP contribution in [0.1, 0.15) is 114 Å². The quantitative estimate of drug-likeness (QED) is 0.0238. The number of benzene rings is 4. The van der Waals surface area contributed by atoms with Gasteiger partial charge in [-0.15, -0.1) is 11.8 Å². The molecule has 0 aromatic heterocycles. The van der Waals surface area contributed by atoms with Crippen LogP contribution in [0.3, 0.4) is 0 Å². The number of hydrogen-bond donors (Lipinski definition) is 5. The molecule has 0 radical (unpaired) electrons. The fraction of sp³-hybridized carbons (Fsp3) is 0.582. The normalized spacial score (nSPS) is 30.0. The van der Waals surface area contributed by atoms with Gasteiger partial charge in [0, 0.05) is 65.3 Å². The molecule has 0 saturated carbocycles. The highest BCUT2D eigenvalue weighted by atomic mass is 35.5. The predicted octanol–water partition coefficient (Wildman–Crippen LogP) is 10.6. The molecule has 3 amide bonds. The van der Waals surface area contributed by atoms with E-state index in [1.165, 1.54) is 23.9 Å². The number of amides is 3. The van der Waals surface area contributed by atoms with E-state index in [0.717, 1.165) is 16.7 Å². The number of carbonyl (C=O) groups is 4. The molecule has 10 rings (SSSR count). The Morgan fingerprint density at radius 2 is 1.08 bits per heavy atom. The number of carboxylic acids is 1. The second-order valence-electron chi connectivity index (χ2n) is 25.5. The molecule has 6 fully saturated rings. The Morgan fingerprint density at radius 3 is 1.54 bits per heavy atom. The van der Waals surface area contributed by atoms with E-state index in [1.54, 1.807) is 6.07 Å². The minimum absolute atomic E-state index is 0.0349. The Kier molecular flexibility index (Phi) is 28.6. The van der Waals surface area contributed by atoms with Crippen LogP contribution in [0.25, 0.3) is 10.4 Å². The van der Waals surface area contributed by atoms with Crippen LogP contribution >= 0.6 is 35.0 Å². The number of nitrogens with two attached hydrogens (primary N) is 1. The van der Waals surface area contributed by atoms with Crippen molar-refractivity contribution in [1.82, 2.24) is 16.0 Å². The molecule has 0 spiro atoms. The Hall–Kier alpha value is -5.92. The van der Waals surface area contributed by atoms with Crippen LogP contribution in [0.5, 0.6) is 0 Å². The lowest BCUT2D eigenvalue weighted by Gasteiger charge is -2.49. The largest absolute Gasteiger partial charge is 0.480 e. The molecule has 18 atom stereocenters. The highest BCUT2D eigenvalue weighted by Crippen LogP contribution is 2.41. The van der Waals surface area contributed by atoms with Gasteiger partial charge in [-0.2, -0.15) is 0 Å². The van der Waals surface area contributed by atoms with Gasteiger partial charge in [-0.1, -0.05) is 133 Å². The summed E-state index contributed by atoms with van der Waals surface area (Å²) >= 11 is 13.4. The van der Waals surface area contributed by atoms with E-state index in [-0.39, 0.29) is 54.0 Å². The Morgan fingerprint density at radius 1 is 0.625 bits per heavy atom. The summed E-state index contributed by atoms with van der Waals surface area (Å²) in [5, 5.41) is 22.0. The maximum Gasteiger partial charge on any atom is 0.407 e. The fourth-order valence-corrected chi connectivity index (χ4v) is 12.5. The third kappa shape index (κ3) is 22.0. The second kappa shape index (κ2) is 36.2. The first-order chi connectivity index (χ1) is 45.9. The van der Waals surface area contributed by atoms with E-state index < -0.39 is 109 Å². The smallest absolute Gasteiger partial charge is 0.407 e. The van der Waals surface area contributed by atoms with Gasteiger partial charge in [0.05, 0.1) is 54.2 Å². The number of carboxylic acid groups (broad SMARTS) is 1. The number of azide groups is 1. The highest BCUT2D eigenvalue weighted by molar-refractivity contribution is 7.99. The molecule has 4 aromatic carbocycles. The first kappa shape index (κ1) is 75.8. The van der Waals surface area contributed by atoms with Crippen molar-refractivity contribution in [2.24, 2.45) is 22.7 Å². The SMILES string of the molecule is CS[C@@H]1OC2COC(c3ccccc3)O[C@@H]2[C@H](OCC(=O)O)C1NC(=O)c1ccc(Cl)c(Cl)c1.C[C@@H]1C(OCCCNC(=O)OC(C)(C)C)[C@H](N)OC2COC(c3ccccc3)O[C@@H]21.C[C@@H]1C(OCCCNC(=O)OC(C)(C)C)[C@H](N=[N+]=[N-])OC2COC(c3ccccc3)O[C@@H]21. The summed E-state index contributed by atoms with van der Waals surface area (Å²) in [4.78, 5) is 50.7. The maximum atomic E-state index is 13.1. The van der Waals surface area contributed by atoms with Crippen molar-refractivity contribution in [3.8, 4) is 0 Å². The van der Waals surface area contributed by atoms with Gasteiger partial charge in [-0.3, -0.25) is 4.79 Å². The van der Waals surface area contributed by atoms with Crippen molar-refractivity contribution < 1.29 is 90.6 Å². The fourth-order valence-electron chi connectivity index (χ4n) is 11.5. The average molecular weight is 1400 g/mol. The van der Waals surface area contributed by atoms with E-state index >= 15 is 0 Å². The molecule has 6 heterocycles. The molecule has 6 N–H and O–H groups in total. The van der Waals surface area contributed by atoms with Crippen LogP contribution in [-0.4, -0.2) is 178 Å². The zero-order valence-electron chi connectivity index (χ0n) is 55.2. The second-order valence-corrected chi connectivity index (χ2v) is 27.2. The number of hydrogen-bond acceptors (Lipinski definition) is 21. The summed E-state index contributed by atoms with van der Waals surface area (Å²) in [6.07, 6.45) is -4.60.